The monoisotopic (exact) mass is 500 g/mol. The minimum atomic E-state index is -1.41. The van der Waals surface area contributed by atoms with Crippen LogP contribution in [0.25, 0.3) is 0 Å². The Morgan fingerprint density at radius 2 is 1.31 bits per heavy atom. The first-order valence-electron chi connectivity index (χ1n) is 14.1. The van der Waals surface area contributed by atoms with Crippen LogP contribution in [0.15, 0.2) is 12.2 Å². The standard InChI is InChI=1S/C28H52O7/c1-3-5-7-8-9-10-11-12-13-14-15-16-17-18-19-20-24(29)34-22-23-25(30)26(31)27(32)28(35-23)33-21-6-4-2/h12-13,23,25-28,30-32H,3-11,14-22H2,1-2H3/t23-,25-,26+,27-,28?/m1/s1. The minimum Gasteiger partial charge on any atom is -0.463 e. The lowest BCUT2D eigenvalue weighted by Gasteiger charge is -2.39. The Bertz CT molecular complexity index is 539. The van der Waals surface area contributed by atoms with Gasteiger partial charge in [-0.3, -0.25) is 4.79 Å². The van der Waals surface area contributed by atoms with Crippen LogP contribution in [-0.4, -0.2) is 65.2 Å². The fourth-order valence-corrected chi connectivity index (χ4v) is 4.12. The maximum Gasteiger partial charge on any atom is 0.305 e. The molecule has 0 aliphatic carbocycles. The van der Waals surface area contributed by atoms with E-state index in [2.05, 4.69) is 19.1 Å². The highest BCUT2D eigenvalue weighted by molar-refractivity contribution is 5.69. The summed E-state index contributed by atoms with van der Waals surface area (Å²) in [5.41, 5.74) is 0. The van der Waals surface area contributed by atoms with Crippen molar-refractivity contribution in [2.45, 2.75) is 147 Å². The fraction of sp³-hybridized carbons (Fsp3) is 0.893. The normalized spacial score (nSPS) is 24.8. The van der Waals surface area contributed by atoms with Crippen LogP contribution in [-0.2, 0) is 19.0 Å². The van der Waals surface area contributed by atoms with E-state index < -0.39 is 30.7 Å². The number of unbranched alkanes of at least 4 members (excludes halogenated alkanes) is 12. The molecule has 1 rings (SSSR count). The summed E-state index contributed by atoms with van der Waals surface area (Å²) < 4.78 is 16.3. The number of carbonyl (C=O) groups excluding carboxylic acids is 1. The molecular formula is C28H52O7. The van der Waals surface area contributed by atoms with Crippen LogP contribution in [0, 0.1) is 0 Å². The van der Waals surface area contributed by atoms with Crippen LogP contribution in [0.3, 0.4) is 0 Å². The third-order valence-electron chi connectivity index (χ3n) is 6.50. The van der Waals surface area contributed by atoms with Gasteiger partial charge in [0.1, 0.15) is 31.0 Å². The lowest BCUT2D eigenvalue weighted by molar-refractivity contribution is -0.301. The molecule has 0 aromatic carbocycles. The highest BCUT2D eigenvalue weighted by Crippen LogP contribution is 2.23. The van der Waals surface area contributed by atoms with E-state index >= 15 is 0 Å². The van der Waals surface area contributed by atoms with Gasteiger partial charge in [0.05, 0.1) is 0 Å². The Hall–Kier alpha value is -0.990. The van der Waals surface area contributed by atoms with Gasteiger partial charge in [0.2, 0.25) is 0 Å². The Labute approximate surface area is 213 Å². The van der Waals surface area contributed by atoms with Gasteiger partial charge in [0, 0.05) is 13.0 Å². The van der Waals surface area contributed by atoms with E-state index in [1.165, 1.54) is 51.4 Å². The summed E-state index contributed by atoms with van der Waals surface area (Å²) in [6.07, 6.45) is 16.2. The molecule has 3 N–H and O–H groups in total. The third-order valence-corrected chi connectivity index (χ3v) is 6.50. The summed E-state index contributed by atoms with van der Waals surface area (Å²) in [4.78, 5) is 12.1. The molecule has 5 atom stereocenters. The summed E-state index contributed by atoms with van der Waals surface area (Å²) in [5.74, 6) is -0.345. The summed E-state index contributed by atoms with van der Waals surface area (Å²) in [6.45, 7) is 4.46. The van der Waals surface area contributed by atoms with Gasteiger partial charge in [-0.25, -0.2) is 0 Å². The Kier molecular flexibility index (Phi) is 19.3. The van der Waals surface area contributed by atoms with Crippen LogP contribution in [0.2, 0.25) is 0 Å². The molecule has 1 aliphatic rings. The first kappa shape index (κ1) is 32.0. The quantitative estimate of drug-likeness (QED) is 0.113. The van der Waals surface area contributed by atoms with Gasteiger partial charge in [-0.1, -0.05) is 83.8 Å². The average molecular weight is 501 g/mol. The van der Waals surface area contributed by atoms with Crippen molar-refractivity contribution in [3.63, 3.8) is 0 Å². The van der Waals surface area contributed by atoms with Gasteiger partial charge < -0.3 is 29.5 Å². The second kappa shape index (κ2) is 21.1. The highest BCUT2D eigenvalue weighted by atomic mass is 16.7. The van der Waals surface area contributed by atoms with Crippen molar-refractivity contribution in [1.82, 2.24) is 0 Å². The molecule has 1 heterocycles. The molecule has 35 heavy (non-hydrogen) atoms. The van der Waals surface area contributed by atoms with Crippen molar-refractivity contribution in [3.8, 4) is 0 Å². The maximum atomic E-state index is 12.1. The highest BCUT2D eigenvalue weighted by Gasteiger charge is 2.44. The van der Waals surface area contributed by atoms with Crippen LogP contribution in [0.4, 0.5) is 0 Å². The van der Waals surface area contributed by atoms with Gasteiger partial charge in [-0.2, -0.15) is 0 Å². The summed E-state index contributed by atoms with van der Waals surface area (Å²) in [5, 5.41) is 30.2. The molecule has 1 saturated heterocycles. The van der Waals surface area contributed by atoms with Crippen LogP contribution in [0.5, 0.6) is 0 Å². The predicted molar refractivity (Wildman–Crippen MR) is 138 cm³/mol. The molecule has 0 amide bonds. The second-order valence-electron chi connectivity index (χ2n) is 9.76. The molecule has 0 aromatic rings. The Balaban J connectivity index is 2.04. The third kappa shape index (κ3) is 15.0. The molecule has 7 nitrogen and oxygen atoms in total. The number of hydrogen-bond donors (Lipinski definition) is 3. The summed E-state index contributed by atoms with van der Waals surface area (Å²) in [6, 6.07) is 0. The number of esters is 1. The summed E-state index contributed by atoms with van der Waals surface area (Å²) >= 11 is 0. The molecule has 0 aromatic heterocycles. The van der Waals surface area contributed by atoms with E-state index in [1.54, 1.807) is 0 Å². The van der Waals surface area contributed by atoms with Crippen molar-refractivity contribution in [2.24, 2.45) is 0 Å². The molecule has 1 aliphatic heterocycles. The number of aliphatic hydroxyl groups is 3. The van der Waals surface area contributed by atoms with Crippen LogP contribution < -0.4 is 0 Å². The van der Waals surface area contributed by atoms with Crippen molar-refractivity contribution in [2.75, 3.05) is 13.2 Å². The van der Waals surface area contributed by atoms with Crippen molar-refractivity contribution in [1.29, 1.82) is 0 Å². The minimum absolute atomic E-state index is 0.178. The Morgan fingerprint density at radius 1 is 0.743 bits per heavy atom. The van der Waals surface area contributed by atoms with E-state index in [0.717, 1.165) is 44.9 Å². The molecule has 1 fully saturated rings. The molecule has 7 heteroatoms. The smallest absolute Gasteiger partial charge is 0.305 e. The lowest BCUT2D eigenvalue weighted by atomic mass is 9.99. The number of aliphatic hydroxyl groups excluding tert-OH is 3. The molecule has 206 valence electrons. The van der Waals surface area contributed by atoms with Gasteiger partial charge in [0.15, 0.2) is 6.29 Å². The van der Waals surface area contributed by atoms with Gasteiger partial charge in [-0.05, 0) is 38.5 Å². The van der Waals surface area contributed by atoms with Crippen molar-refractivity contribution < 1.29 is 34.3 Å². The predicted octanol–water partition coefficient (Wildman–Crippen LogP) is 5.19. The summed E-state index contributed by atoms with van der Waals surface area (Å²) in [7, 11) is 0. The van der Waals surface area contributed by atoms with Crippen LogP contribution in [0.1, 0.15) is 117 Å². The molecular weight excluding hydrogens is 448 g/mol. The Morgan fingerprint density at radius 3 is 1.94 bits per heavy atom. The largest absolute Gasteiger partial charge is 0.463 e. The topological polar surface area (TPSA) is 105 Å². The SMILES string of the molecule is CCCCCCCCC=CCCCCCCCC(=O)OC[C@H]1OC(OCCCC)[C@H](O)[C@@H](O)[C@@H]1O. The molecule has 0 spiro atoms. The fourth-order valence-electron chi connectivity index (χ4n) is 4.12. The number of allylic oxidation sites excluding steroid dienone is 2. The van der Waals surface area contributed by atoms with Gasteiger partial charge in [-0.15, -0.1) is 0 Å². The van der Waals surface area contributed by atoms with E-state index in [-0.39, 0.29) is 12.6 Å². The zero-order chi connectivity index (χ0) is 25.7. The van der Waals surface area contributed by atoms with Crippen LogP contribution >= 0.6 is 0 Å². The molecule has 0 saturated carbocycles. The van der Waals surface area contributed by atoms with E-state index in [1.807, 2.05) is 6.92 Å². The number of ether oxygens (including phenoxy) is 3. The average Bonchev–Trinajstić information content (AvgIpc) is 2.85. The molecule has 0 radical (unpaired) electrons. The number of hydrogen-bond acceptors (Lipinski definition) is 7. The number of rotatable bonds is 21. The lowest BCUT2D eigenvalue weighted by Crippen LogP contribution is -2.59. The van der Waals surface area contributed by atoms with E-state index in [4.69, 9.17) is 14.2 Å². The van der Waals surface area contributed by atoms with E-state index in [9.17, 15) is 20.1 Å². The zero-order valence-electron chi connectivity index (χ0n) is 22.2. The molecule has 1 unspecified atom stereocenters. The van der Waals surface area contributed by atoms with Crippen molar-refractivity contribution in [3.05, 3.63) is 12.2 Å². The first-order chi connectivity index (χ1) is 17.0. The van der Waals surface area contributed by atoms with E-state index in [0.29, 0.717) is 13.0 Å². The molecule has 0 bridgehead atoms. The van der Waals surface area contributed by atoms with Crippen molar-refractivity contribution >= 4 is 5.97 Å². The van der Waals surface area contributed by atoms with Gasteiger partial charge >= 0.3 is 5.97 Å². The zero-order valence-corrected chi connectivity index (χ0v) is 22.2. The first-order valence-corrected chi connectivity index (χ1v) is 14.1. The second-order valence-corrected chi connectivity index (χ2v) is 9.76. The van der Waals surface area contributed by atoms with Gasteiger partial charge in [0.25, 0.3) is 0 Å². The maximum absolute atomic E-state index is 12.1. The number of carbonyl (C=O) groups is 1.